The zero-order chi connectivity index (χ0) is 15.9. The van der Waals surface area contributed by atoms with Crippen LogP contribution in [0.3, 0.4) is 0 Å². The summed E-state index contributed by atoms with van der Waals surface area (Å²) in [4.78, 5) is 16.0. The summed E-state index contributed by atoms with van der Waals surface area (Å²) in [6.45, 7) is 0. The van der Waals surface area contributed by atoms with E-state index in [-0.39, 0.29) is 46.8 Å². The molecule has 5 heteroatoms. The average molecular weight is 425 g/mol. The van der Waals surface area contributed by atoms with Gasteiger partial charge in [-0.1, -0.05) is 0 Å². The molecule has 29 heavy (non-hydrogen) atoms. The first kappa shape index (κ1) is 26.1. The van der Waals surface area contributed by atoms with Crippen LogP contribution in [0.2, 0.25) is 0 Å². The Bertz CT molecular complexity index is 1080. The normalized spacial score (nSPS) is 10.5. The third-order valence-corrected chi connectivity index (χ3v) is 4.04. The summed E-state index contributed by atoms with van der Waals surface area (Å²) in [7, 11) is 0. The van der Waals surface area contributed by atoms with Crippen molar-refractivity contribution in [1.29, 1.82) is 0 Å². The molecule has 4 nitrogen and oxygen atoms in total. The largest absolute Gasteiger partial charge is 0.358 e. The van der Waals surface area contributed by atoms with Gasteiger partial charge in [0, 0.05) is 39.1 Å². The summed E-state index contributed by atoms with van der Waals surface area (Å²) in [5.74, 6) is 0. The second kappa shape index (κ2) is 10.6. The van der Waals surface area contributed by atoms with Gasteiger partial charge in [-0.05, 0) is 72.8 Å². The Morgan fingerprint density at radius 1 is 0.448 bits per heavy atom. The van der Waals surface area contributed by atoms with E-state index in [1.54, 1.807) is 0 Å². The summed E-state index contributed by atoms with van der Waals surface area (Å²) in [5, 5.41) is 0. The molecule has 0 amide bonds. The van der Waals surface area contributed by atoms with Crippen LogP contribution in [0, 0.1) is 29.7 Å². The van der Waals surface area contributed by atoms with Crippen LogP contribution in [0.1, 0.15) is 22.8 Å². The molecule has 5 heterocycles. The van der Waals surface area contributed by atoms with E-state index in [1.165, 1.54) is 0 Å². The molecule has 153 valence electrons. The second-order valence-corrected chi connectivity index (χ2v) is 5.91. The van der Waals surface area contributed by atoms with Crippen molar-refractivity contribution in [2.24, 2.45) is 0 Å². The van der Waals surface area contributed by atoms with Crippen molar-refractivity contribution in [3.8, 4) is 0 Å². The molecule has 3 aromatic rings. The zero-order valence-electron chi connectivity index (χ0n) is 17.2. The van der Waals surface area contributed by atoms with Crippen LogP contribution in [0.5, 0.6) is 0 Å². The summed E-state index contributed by atoms with van der Waals surface area (Å²) in [5.41, 5.74) is 7.86. The molecule has 0 unspecified atom stereocenters. The van der Waals surface area contributed by atoms with Crippen molar-refractivity contribution >= 4 is 46.4 Å². The third kappa shape index (κ3) is 5.56. The molecule has 0 aliphatic carbocycles. The Kier molecular flexibility index (Phi) is 9.55. The average Bonchev–Trinajstić information content (AvgIpc) is 3.32. The first-order chi connectivity index (χ1) is 11.8. The molecular formula is C24H26MnN4-4. The molecule has 2 aliphatic heterocycles. The Hall–Kier alpha value is -2.88. The van der Waals surface area contributed by atoms with Gasteiger partial charge in [0.05, 0.1) is 22.8 Å². The number of nitrogens with zero attached hydrogens (tertiary/aromatic N) is 2. The van der Waals surface area contributed by atoms with Crippen molar-refractivity contribution in [3.63, 3.8) is 0 Å². The Morgan fingerprint density at radius 2 is 0.759 bits per heavy atom. The number of aromatic amines is 2. The van der Waals surface area contributed by atoms with E-state index in [4.69, 9.17) is 0 Å². The van der Waals surface area contributed by atoms with Gasteiger partial charge in [-0.15, -0.1) is 0 Å². The van der Waals surface area contributed by atoms with Gasteiger partial charge in [0.15, 0.2) is 0 Å². The smallest absolute Gasteiger partial charge is 0.0659 e. The number of hydrogen-bond acceptors (Lipinski definition) is 2. The predicted octanol–water partition coefficient (Wildman–Crippen LogP) is 6.45. The van der Waals surface area contributed by atoms with Gasteiger partial charge in [-0.2, -0.15) is 0 Å². The van der Waals surface area contributed by atoms with Gasteiger partial charge in [0.1, 0.15) is 0 Å². The van der Waals surface area contributed by atoms with Gasteiger partial charge in [0.25, 0.3) is 0 Å². The number of H-pyrrole nitrogens is 2. The van der Waals surface area contributed by atoms with Crippen LogP contribution in [0.4, 0.5) is 0 Å². The van der Waals surface area contributed by atoms with E-state index in [1.807, 2.05) is 42.5 Å². The van der Waals surface area contributed by atoms with Crippen LogP contribution < -0.4 is 0 Å². The summed E-state index contributed by atoms with van der Waals surface area (Å²) < 4.78 is 0. The maximum Gasteiger partial charge on any atom is 0.0659 e. The monoisotopic (exact) mass is 425 g/mol. The minimum atomic E-state index is 0. The Labute approximate surface area is 184 Å². The summed E-state index contributed by atoms with van der Waals surface area (Å²) in [6.07, 6.45) is 8.05. The predicted molar refractivity (Wildman–Crippen MR) is 125 cm³/mol. The maximum atomic E-state index is 4.62. The van der Waals surface area contributed by atoms with Crippen molar-refractivity contribution < 1.29 is 17.1 Å². The van der Waals surface area contributed by atoms with Crippen molar-refractivity contribution in [3.05, 3.63) is 101 Å². The molecule has 0 saturated heterocycles. The summed E-state index contributed by atoms with van der Waals surface area (Å²) >= 11 is 0. The van der Waals surface area contributed by atoms with Crippen LogP contribution >= 0.6 is 0 Å². The van der Waals surface area contributed by atoms with Crippen molar-refractivity contribution in [2.45, 2.75) is 0 Å². The van der Waals surface area contributed by atoms with Crippen LogP contribution in [-0.4, -0.2) is 19.9 Å². The number of fused-ring (bicyclic) bond motifs is 8. The minimum absolute atomic E-state index is 0. The van der Waals surface area contributed by atoms with Crippen molar-refractivity contribution in [1.82, 2.24) is 19.9 Å². The van der Waals surface area contributed by atoms with Gasteiger partial charge in [-0.3, -0.25) is 0 Å². The zero-order valence-corrected chi connectivity index (χ0v) is 18.4. The third-order valence-electron chi connectivity index (χ3n) is 4.04. The molecule has 0 saturated carbocycles. The fraction of sp³-hybridized carbons (Fsp3) is 0. The van der Waals surface area contributed by atoms with Gasteiger partial charge < -0.3 is 39.7 Å². The van der Waals surface area contributed by atoms with Gasteiger partial charge in [-0.25, -0.2) is 9.97 Å². The quantitative estimate of drug-likeness (QED) is 0.221. The van der Waals surface area contributed by atoms with Crippen molar-refractivity contribution in [2.75, 3.05) is 0 Å². The molecule has 2 aliphatic rings. The molecule has 1 radical (unpaired) electrons. The maximum absolute atomic E-state index is 4.62. The van der Waals surface area contributed by atoms with Gasteiger partial charge in [0.2, 0.25) is 0 Å². The standard InChI is InChI=1S/C20H14N4.4CH3.Mn/c1-2-14-10-16-5-6-18(23-16)12-20-8-7-19(24-20)11-17-4-3-15(22-17)9-13(1)21-14;;;;;/h1-12,21-22H;4*1H3;/q;4*-1;. The fourth-order valence-corrected chi connectivity index (χ4v) is 2.94. The number of aromatic nitrogens is 4. The van der Waals surface area contributed by atoms with Crippen LogP contribution in [0.25, 0.3) is 46.4 Å². The Balaban J connectivity index is 0.00000157. The molecule has 0 atom stereocenters. The van der Waals surface area contributed by atoms with E-state index in [9.17, 15) is 0 Å². The molecule has 0 aromatic carbocycles. The summed E-state index contributed by atoms with van der Waals surface area (Å²) in [6, 6.07) is 16.4. The van der Waals surface area contributed by atoms with E-state index in [0.29, 0.717) is 0 Å². The molecular weight excluding hydrogens is 399 g/mol. The van der Waals surface area contributed by atoms with Gasteiger partial charge >= 0.3 is 0 Å². The molecule has 5 rings (SSSR count). The second-order valence-electron chi connectivity index (χ2n) is 5.91. The molecule has 0 fully saturated rings. The molecule has 2 N–H and O–H groups in total. The fourth-order valence-electron chi connectivity index (χ4n) is 2.94. The number of nitrogens with one attached hydrogen (secondary N) is 2. The molecule has 0 spiro atoms. The number of rotatable bonds is 0. The first-order valence-electron chi connectivity index (χ1n) is 7.85. The van der Waals surface area contributed by atoms with E-state index >= 15 is 0 Å². The van der Waals surface area contributed by atoms with E-state index < -0.39 is 0 Å². The first-order valence-corrected chi connectivity index (χ1v) is 7.85. The van der Waals surface area contributed by atoms with Crippen LogP contribution in [0.15, 0.2) is 48.5 Å². The SMILES string of the molecule is C1=Cc2cc3ccc(cc4ccc(cc5nc(cc1n2)C=C5)[nH]4)[nH]3.[CH3-].[CH3-].[CH3-].[CH3-].[Mn]. The molecule has 8 bridgehead atoms. The molecule has 3 aromatic heterocycles. The van der Waals surface area contributed by atoms with E-state index in [0.717, 1.165) is 44.8 Å². The minimum Gasteiger partial charge on any atom is -0.358 e. The van der Waals surface area contributed by atoms with Crippen LogP contribution in [-0.2, 0) is 17.1 Å². The van der Waals surface area contributed by atoms with E-state index in [2.05, 4.69) is 50.3 Å². The Morgan fingerprint density at radius 3 is 1.14 bits per heavy atom. The number of hydrogen-bond donors (Lipinski definition) is 2. The topological polar surface area (TPSA) is 57.4 Å².